The Kier molecular flexibility index (Phi) is 7.30. The molecule has 0 aliphatic carbocycles. The predicted molar refractivity (Wildman–Crippen MR) is 125 cm³/mol. The molecule has 1 unspecified atom stereocenters. The number of benzene rings is 1. The standard InChI is InChI=1S/C21H30N4O6S2/c1-5-24(6-2)33(30,31)17-11-14(3)15(4)19(12-17)22-21(27)18-7-8-20(26)25(23-18)16-9-10-32(28,29)13-16/h11-12,16H,5-10,13H2,1-4H3,(H,22,27). The number of amides is 2. The minimum atomic E-state index is -3.72. The van der Waals surface area contributed by atoms with Crippen molar-refractivity contribution in [3.63, 3.8) is 0 Å². The van der Waals surface area contributed by atoms with Gasteiger partial charge < -0.3 is 5.32 Å². The third-order valence-electron chi connectivity index (χ3n) is 6.11. The van der Waals surface area contributed by atoms with Crippen LogP contribution in [-0.4, -0.2) is 74.3 Å². The first-order valence-corrected chi connectivity index (χ1v) is 14.2. The molecule has 1 saturated heterocycles. The van der Waals surface area contributed by atoms with E-state index >= 15 is 0 Å². The number of nitrogens with one attached hydrogen (secondary N) is 1. The fourth-order valence-electron chi connectivity index (χ4n) is 4.00. The molecule has 2 heterocycles. The third-order valence-corrected chi connectivity index (χ3v) is 9.89. The van der Waals surface area contributed by atoms with E-state index in [-0.39, 0.29) is 47.3 Å². The maximum Gasteiger partial charge on any atom is 0.271 e. The van der Waals surface area contributed by atoms with Gasteiger partial charge in [0.25, 0.3) is 5.91 Å². The second-order valence-electron chi connectivity index (χ2n) is 8.30. The summed E-state index contributed by atoms with van der Waals surface area (Å²) in [6.07, 6.45) is 0.462. The molecule has 1 N–H and O–H groups in total. The highest BCUT2D eigenvalue weighted by atomic mass is 32.2. The van der Waals surface area contributed by atoms with Crippen molar-refractivity contribution in [2.75, 3.05) is 29.9 Å². The number of sulfone groups is 1. The number of carbonyl (C=O) groups is 2. The van der Waals surface area contributed by atoms with Gasteiger partial charge in [-0.3, -0.25) is 9.59 Å². The van der Waals surface area contributed by atoms with Crippen LogP contribution in [0.3, 0.4) is 0 Å². The molecule has 12 heteroatoms. The Hall–Kier alpha value is -2.31. The molecular weight excluding hydrogens is 468 g/mol. The van der Waals surface area contributed by atoms with Crippen LogP contribution in [0.4, 0.5) is 5.69 Å². The van der Waals surface area contributed by atoms with Crippen LogP contribution in [0.2, 0.25) is 0 Å². The number of nitrogens with zero attached hydrogens (tertiary/aromatic N) is 3. The average Bonchev–Trinajstić information content (AvgIpc) is 3.11. The lowest BCUT2D eigenvalue weighted by molar-refractivity contribution is -0.133. The highest BCUT2D eigenvalue weighted by Gasteiger charge is 2.37. The summed E-state index contributed by atoms with van der Waals surface area (Å²) >= 11 is 0. The van der Waals surface area contributed by atoms with Crippen LogP contribution in [0.5, 0.6) is 0 Å². The number of hydrogen-bond acceptors (Lipinski definition) is 7. The first kappa shape index (κ1) is 25.3. The van der Waals surface area contributed by atoms with Crippen molar-refractivity contribution in [2.45, 2.75) is 57.9 Å². The van der Waals surface area contributed by atoms with E-state index in [4.69, 9.17) is 0 Å². The Balaban J connectivity index is 1.89. The molecule has 2 aliphatic rings. The lowest BCUT2D eigenvalue weighted by Crippen LogP contribution is -2.42. The van der Waals surface area contributed by atoms with Crippen molar-refractivity contribution in [3.8, 4) is 0 Å². The highest BCUT2D eigenvalue weighted by molar-refractivity contribution is 7.91. The number of hydrazone groups is 1. The Bertz CT molecular complexity index is 1200. The van der Waals surface area contributed by atoms with E-state index < -0.39 is 31.8 Å². The fourth-order valence-corrected chi connectivity index (χ4v) is 7.26. The Morgan fingerprint density at radius 1 is 1.21 bits per heavy atom. The summed E-state index contributed by atoms with van der Waals surface area (Å²) in [5, 5.41) is 8.05. The molecule has 0 saturated carbocycles. The SMILES string of the molecule is CCN(CC)S(=O)(=O)c1cc(C)c(C)c(NC(=O)C2=NN(C3CCS(=O)(=O)C3)C(=O)CC2)c1. The van der Waals surface area contributed by atoms with E-state index in [1.54, 1.807) is 33.8 Å². The Morgan fingerprint density at radius 2 is 1.88 bits per heavy atom. The lowest BCUT2D eigenvalue weighted by Gasteiger charge is -2.27. The second-order valence-corrected chi connectivity index (χ2v) is 12.5. The number of aryl methyl sites for hydroxylation is 1. The summed E-state index contributed by atoms with van der Waals surface area (Å²) in [5.74, 6) is -1.04. The van der Waals surface area contributed by atoms with E-state index in [0.717, 1.165) is 5.01 Å². The minimum absolute atomic E-state index is 0.00915. The molecule has 0 bridgehead atoms. The van der Waals surface area contributed by atoms with Gasteiger partial charge in [-0.25, -0.2) is 21.8 Å². The Morgan fingerprint density at radius 3 is 2.45 bits per heavy atom. The van der Waals surface area contributed by atoms with Crippen LogP contribution in [0, 0.1) is 13.8 Å². The van der Waals surface area contributed by atoms with Gasteiger partial charge in [0.2, 0.25) is 15.9 Å². The molecule has 0 radical (unpaired) electrons. The largest absolute Gasteiger partial charge is 0.321 e. The van der Waals surface area contributed by atoms with Crippen LogP contribution < -0.4 is 5.32 Å². The molecule has 1 aromatic carbocycles. The van der Waals surface area contributed by atoms with Crippen LogP contribution in [0.15, 0.2) is 22.1 Å². The van der Waals surface area contributed by atoms with E-state index in [2.05, 4.69) is 10.4 Å². The Labute approximate surface area is 195 Å². The summed E-state index contributed by atoms with van der Waals surface area (Å²) in [7, 11) is -6.94. The van der Waals surface area contributed by atoms with Crippen molar-refractivity contribution in [3.05, 3.63) is 23.3 Å². The number of rotatable bonds is 7. The first-order valence-electron chi connectivity index (χ1n) is 10.9. The van der Waals surface area contributed by atoms with Gasteiger partial charge in [0, 0.05) is 31.6 Å². The molecule has 182 valence electrons. The van der Waals surface area contributed by atoms with Gasteiger partial charge >= 0.3 is 0 Å². The minimum Gasteiger partial charge on any atom is -0.321 e. The van der Waals surface area contributed by atoms with Crippen molar-refractivity contribution in [1.82, 2.24) is 9.31 Å². The normalized spacial score (nSPS) is 20.8. The number of sulfonamides is 1. The third kappa shape index (κ3) is 5.28. The van der Waals surface area contributed by atoms with E-state index in [1.807, 2.05) is 0 Å². The fraction of sp³-hybridized carbons (Fsp3) is 0.571. The van der Waals surface area contributed by atoms with Crippen LogP contribution >= 0.6 is 0 Å². The zero-order valence-electron chi connectivity index (χ0n) is 19.3. The maximum atomic E-state index is 13.0. The van der Waals surface area contributed by atoms with E-state index in [9.17, 15) is 26.4 Å². The second kappa shape index (κ2) is 9.51. The average molecular weight is 499 g/mol. The highest BCUT2D eigenvalue weighted by Crippen LogP contribution is 2.27. The smallest absolute Gasteiger partial charge is 0.271 e. The van der Waals surface area contributed by atoms with Gasteiger partial charge in [0.05, 0.1) is 22.4 Å². The molecule has 1 fully saturated rings. The number of hydrogen-bond donors (Lipinski definition) is 1. The van der Waals surface area contributed by atoms with Gasteiger partial charge in [-0.15, -0.1) is 0 Å². The van der Waals surface area contributed by atoms with Crippen LogP contribution in [0.25, 0.3) is 0 Å². The van der Waals surface area contributed by atoms with Gasteiger partial charge in [0.1, 0.15) is 5.71 Å². The van der Waals surface area contributed by atoms with Crippen molar-refractivity contribution in [2.24, 2.45) is 5.10 Å². The molecule has 10 nitrogen and oxygen atoms in total. The van der Waals surface area contributed by atoms with Gasteiger partial charge in [-0.05, 0) is 43.5 Å². The van der Waals surface area contributed by atoms with Crippen LogP contribution in [-0.2, 0) is 29.4 Å². The monoisotopic (exact) mass is 498 g/mol. The summed E-state index contributed by atoms with van der Waals surface area (Å²) in [6.45, 7) is 7.71. The maximum absolute atomic E-state index is 13.0. The van der Waals surface area contributed by atoms with Crippen LogP contribution in [0.1, 0.15) is 44.2 Å². The van der Waals surface area contributed by atoms with Gasteiger partial charge in [-0.1, -0.05) is 13.8 Å². The molecule has 0 aromatic heterocycles. The van der Waals surface area contributed by atoms with E-state index in [0.29, 0.717) is 29.9 Å². The molecular formula is C21H30N4O6S2. The molecule has 0 spiro atoms. The zero-order valence-corrected chi connectivity index (χ0v) is 20.9. The van der Waals surface area contributed by atoms with Gasteiger partial charge in [-0.2, -0.15) is 9.41 Å². The quantitative estimate of drug-likeness (QED) is 0.605. The molecule has 33 heavy (non-hydrogen) atoms. The molecule has 3 rings (SSSR count). The van der Waals surface area contributed by atoms with E-state index in [1.165, 1.54) is 10.4 Å². The molecule has 1 atom stereocenters. The zero-order chi connectivity index (χ0) is 24.6. The van der Waals surface area contributed by atoms with Gasteiger partial charge in [0.15, 0.2) is 9.84 Å². The molecule has 1 aromatic rings. The summed E-state index contributed by atoms with van der Waals surface area (Å²) < 4.78 is 50.9. The van der Waals surface area contributed by atoms with Crippen molar-refractivity contribution >= 4 is 43.1 Å². The lowest BCUT2D eigenvalue weighted by atomic mass is 10.1. The first-order chi connectivity index (χ1) is 15.4. The number of anilines is 1. The topological polar surface area (TPSA) is 133 Å². The van der Waals surface area contributed by atoms with Crippen molar-refractivity contribution in [1.29, 1.82) is 0 Å². The van der Waals surface area contributed by atoms with Crippen molar-refractivity contribution < 1.29 is 26.4 Å². The summed E-state index contributed by atoms with van der Waals surface area (Å²) in [4.78, 5) is 25.4. The molecule has 2 aliphatic heterocycles. The number of carbonyl (C=O) groups excluding carboxylic acids is 2. The summed E-state index contributed by atoms with van der Waals surface area (Å²) in [6, 6.07) is 2.44. The molecule has 2 amide bonds. The summed E-state index contributed by atoms with van der Waals surface area (Å²) in [5.41, 5.74) is 1.87. The predicted octanol–water partition coefficient (Wildman–Crippen LogP) is 1.44.